The number of amides is 1. The number of ether oxygens (including phenoxy) is 1. The minimum Gasteiger partial charge on any atom is -0.490 e. The lowest BCUT2D eigenvalue weighted by molar-refractivity contribution is -0.129. The Labute approximate surface area is 161 Å². The molecule has 0 radical (unpaired) electrons. The summed E-state index contributed by atoms with van der Waals surface area (Å²) in [4.78, 5) is 26.3. The van der Waals surface area contributed by atoms with E-state index in [1.54, 1.807) is 43.3 Å². The first-order chi connectivity index (χ1) is 13.0. The number of carbonyl (C=O) groups excluding carboxylic acids is 1. The van der Waals surface area contributed by atoms with Crippen molar-refractivity contribution >= 4 is 28.3 Å². The molecule has 6 nitrogen and oxygen atoms in total. The van der Waals surface area contributed by atoms with Crippen molar-refractivity contribution in [2.75, 3.05) is 20.2 Å². The molecule has 1 amide bonds. The van der Waals surface area contributed by atoms with Crippen LogP contribution in [0.4, 0.5) is 0 Å². The fourth-order valence-electron chi connectivity index (χ4n) is 2.76. The lowest BCUT2D eigenvalue weighted by Gasteiger charge is -2.18. The van der Waals surface area contributed by atoms with Crippen LogP contribution in [0.3, 0.4) is 0 Å². The number of rotatable bonds is 6. The monoisotopic (exact) mass is 385 g/mol. The van der Waals surface area contributed by atoms with Gasteiger partial charge in [0.1, 0.15) is 12.4 Å². The zero-order chi connectivity index (χ0) is 19.4. The van der Waals surface area contributed by atoms with Crippen LogP contribution < -0.4 is 10.3 Å². The van der Waals surface area contributed by atoms with Crippen molar-refractivity contribution in [1.82, 2.24) is 14.7 Å². The van der Waals surface area contributed by atoms with E-state index in [1.807, 2.05) is 24.3 Å². The van der Waals surface area contributed by atoms with E-state index >= 15 is 0 Å². The molecule has 0 aliphatic carbocycles. The van der Waals surface area contributed by atoms with Crippen LogP contribution in [0.15, 0.2) is 53.3 Å². The summed E-state index contributed by atoms with van der Waals surface area (Å²) in [5.41, 5.74) is 0.403. The zero-order valence-electron chi connectivity index (χ0n) is 15.2. The molecule has 0 unspecified atom stereocenters. The van der Waals surface area contributed by atoms with Crippen LogP contribution in [0, 0.1) is 0 Å². The van der Waals surface area contributed by atoms with Gasteiger partial charge >= 0.3 is 0 Å². The smallest absolute Gasteiger partial charge is 0.274 e. The number of para-hydroxylation sites is 1. The minimum atomic E-state index is -0.178. The van der Waals surface area contributed by atoms with E-state index in [9.17, 15) is 9.59 Å². The maximum absolute atomic E-state index is 12.6. The molecular formula is C20H20ClN3O3. The SMILES string of the molecule is CN(CCOc1ccccc1Cl)C(=O)Cc1nn(C)c(=O)c2ccccc12. The quantitative estimate of drug-likeness (QED) is 0.654. The number of aryl methyl sites for hydroxylation is 1. The van der Waals surface area contributed by atoms with Crippen molar-refractivity contribution in [3.05, 3.63) is 69.6 Å². The van der Waals surface area contributed by atoms with Gasteiger partial charge in [-0.05, 0) is 18.2 Å². The molecule has 0 aliphatic heterocycles. The first-order valence-corrected chi connectivity index (χ1v) is 8.91. The van der Waals surface area contributed by atoms with Crippen LogP contribution in [-0.4, -0.2) is 40.8 Å². The van der Waals surface area contributed by atoms with Gasteiger partial charge in [-0.25, -0.2) is 4.68 Å². The summed E-state index contributed by atoms with van der Waals surface area (Å²) in [5, 5.41) is 6.07. The predicted octanol–water partition coefficient (Wildman–Crippen LogP) is 2.67. The van der Waals surface area contributed by atoms with Gasteiger partial charge in [-0.15, -0.1) is 0 Å². The Morgan fingerprint density at radius 2 is 1.81 bits per heavy atom. The molecule has 1 aromatic heterocycles. The standard InChI is InChI=1S/C20H20ClN3O3/c1-23(11-12-27-18-10-6-5-9-16(18)21)19(25)13-17-14-7-3-4-8-15(14)20(26)24(2)22-17/h3-10H,11-13H2,1-2H3. The van der Waals surface area contributed by atoms with Gasteiger partial charge in [0, 0.05) is 19.5 Å². The molecule has 140 valence electrons. The predicted molar refractivity (Wildman–Crippen MR) is 105 cm³/mol. The summed E-state index contributed by atoms with van der Waals surface area (Å²) >= 11 is 6.05. The topological polar surface area (TPSA) is 64.4 Å². The third kappa shape index (κ3) is 4.28. The van der Waals surface area contributed by atoms with Crippen molar-refractivity contribution < 1.29 is 9.53 Å². The van der Waals surface area contributed by atoms with E-state index in [0.717, 1.165) is 0 Å². The third-order valence-electron chi connectivity index (χ3n) is 4.30. The molecule has 0 N–H and O–H groups in total. The summed E-state index contributed by atoms with van der Waals surface area (Å²) in [5.74, 6) is 0.486. The first kappa shape index (κ1) is 18.9. The molecule has 7 heteroatoms. The fraction of sp³-hybridized carbons (Fsp3) is 0.250. The van der Waals surface area contributed by atoms with Gasteiger partial charge in [0.15, 0.2) is 0 Å². The van der Waals surface area contributed by atoms with Gasteiger partial charge in [-0.1, -0.05) is 41.9 Å². The van der Waals surface area contributed by atoms with E-state index in [0.29, 0.717) is 40.4 Å². The number of hydrogen-bond acceptors (Lipinski definition) is 4. The van der Waals surface area contributed by atoms with Gasteiger partial charge in [0.2, 0.25) is 5.91 Å². The molecule has 3 aromatic rings. The fourth-order valence-corrected chi connectivity index (χ4v) is 2.95. The second-order valence-electron chi connectivity index (χ2n) is 6.19. The van der Waals surface area contributed by atoms with Gasteiger partial charge in [0.25, 0.3) is 5.56 Å². The highest BCUT2D eigenvalue weighted by atomic mass is 35.5. The normalized spacial score (nSPS) is 10.8. The summed E-state index contributed by atoms with van der Waals surface area (Å²) in [6.45, 7) is 0.737. The molecule has 2 aromatic carbocycles. The molecule has 0 saturated carbocycles. The van der Waals surface area contributed by atoms with Crippen LogP contribution in [0.2, 0.25) is 5.02 Å². The Hall–Kier alpha value is -2.86. The maximum Gasteiger partial charge on any atom is 0.274 e. The number of benzene rings is 2. The number of likely N-dealkylation sites (N-methyl/N-ethyl adjacent to an activating group) is 1. The Balaban J connectivity index is 1.67. The second kappa shape index (κ2) is 8.22. The second-order valence-corrected chi connectivity index (χ2v) is 6.60. The number of hydrogen-bond donors (Lipinski definition) is 0. The lowest BCUT2D eigenvalue weighted by atomic mass is 10.1. The number of carbonyl (C=O) groups is 1. The molecule has 0 fully saturated rings. The van der Waals surface area contributed by atoms with Crippen molar-refractivity contribution in [3.8, 4) is 5.75 Å². The average molecular weight is 386 g/mol. The molecule has 0 aliphatic rings. The number of fused-ring (bicyclic) bond motifs is 1. The van der Waals surface area contributed by atoms with Crippen molar-refractivity contribution in [2.24, 2.45) is 7.05 Å². The summed E-state index contributed by atoms with van der Waals surface area (Å²) in [6, 6.07) is 14.4. The molecule has 0 atom stereocenters. The third-order valence-corrected chi connectivity index (χ3v) is 4.61. The van der Waals surface area contributed by atoms with E-state index in [-0.39, 0.29) is 17.9 Å². The Morgan fingerprint density at radius 1 is 1.15 bits per heavy atom. The van der Waals surface area contributed by atoms with E-state index < -0.39 is 0 Å². The van der Waals surface area contributed by atoms with Crippen LogP contribution in [0.1, 0.15) is 5.69 Å². The Morgan fingerprint density at radius 3 is 2.56 bits per heavy atom. The summed E-state index contributed by atoms with van der Waals surface area (Å²) < 4.78 is 6.90. The van der Waals surface area contributed by atoms with Crippen LogP contribution in [0.5, 0.6) is 5.75 Å². The zero-order valence-corrected chi connectivity index (χ0v) is 15.9. The summed E-state index contributed by atoms with van der Waals surface area (Å²) in [6.07, 6.45) is 0.108. The molecule has 0 spiro atoms. The molecule has 1 heterocycles. The van der Waals surface area contributed by atoms with E-state index in [4.69, 9.17) is 16.3 Å². The largest absolute Gasteiger partial charge is 0.490 e. The maximum atomic E-state index is 12.6. The number of aromatic nitrogens is 2. The minimum absolute atomic E-state index is 0.103. The Bertz CT molecular complexity index is 1030. The molecule has 0 saturated heterocycles. The van der Waals surface area contributed by atoms with Gasteiger partial charge in [-0.2, -0.15) is 5.10 Å². The van der Waals surface area contributed by atoms with Gasteiger partial charge in [-0.3, -0.25) is 9.59 Å². The molecular weight excluding hydrogens is 366 g/mol. The van der Waals surface area contributed by atoms with Crippen LogP contribution in [-0.2, 0) is 18.3 Å². The highest BCUT2D eigenvalue weighted by molar-refractivity contribution is 6.32. The number of nitrogens with zero attached hydrogens (tertiary/aromatic N) is 3. The molecule has 0 bridgehead atoms. The number of halogens is 1. The van der Waals surface area contributed by atoms with Crippen LogP contribution >= 0.6 is 11.6 Å². The first-order valence-electron chi connectivity index (χ1n) is 8.53. The van der Waals surface area contributed by atoms with E-state index in [1.165, 1.54) is 4.68 Å². The highest BCUT2D eigenvalue weighted by Gasteiger charge is 2.15. The molecule has 3 rings (SSSR count). The van der Waals surface area contributed by atoms with Crippen molar-refractivity contribution in [2.45, 2.75) is 6.42 Å². The van der Waals surface area contributed by atoms with Crippen molar-refractivity contribution in [3.63, 3.8) is 0 Å². The highest BCUT2D eigenvalue weighted by Crippen LogP contribution is 2.22. The van der Waals surface area contributed by atoms with Crippen molar-refractivity contribution in [1.29, 1.82) is 0 Å². The lowest BCUT2D eigenvalue weighted by Crippen LogP contribution is -2.33. The van der Waals surface area contributed by atoms with Gasteiger partial charge < -0.3 is 9.64 Å². The van der Waals surface area contributed by atoms with Crippen LogP contribution in [0.25, 0.3) is 10.8 Å². The van der Waals surface area contributed by atoms with E-state index in [2.05, 4.69) is 5.10 Å². The summed E-state index contributed by atoms with van der Waals surface area (Å²) in [7, 11) is 3.30. The van der Waals surface area contributed by atoms with Gasteiger partial charge in [0.05, 0.1) is 29.1 Å². The average Bonchev–Trinajstić information content (AvgIpc) is 2.67. The Kier molecular flexibility index (Phi) is 5.76. The molecule has 27 heavy (non-hydrogen) atoms.